The van der Waals surface area contributed by atoms with Crippen molar-refractivity contribution in [1.82, 2.24) is 0 Å². The first kappa shape index (κ1) is 14.3. The van der Waals surface area contributed by atoms with Gasteiger partial charge in [0.2, 0.25) is 0 Å². The van der Waals surface area contributed by atoms with Crippen LogP contribution in [0.3, 0.4) is 0 Å². The monoisotopic (exact) mass is 266 g/mol. The standard InChI is InChI=1S/C15H23FN2O/c1-10-8-15(13(11(2)17)9-14(10)16)18(6-7-19)12-4-3-5-12/h8-9,11-12,19H,3-7,17H2,1-2H3/t11-/m0/s1. The summed E-state index contributed by atoms with van der Waals surface area (Å²) < 4.78 is 13.7. The summed E-state index contributed by atoms with van der Waals surface area (Å²) in [4.78, 5) is 2.19. The predicted octanol–water partition coefficient (Wildman–Crippen LogP) is 2.51. The van der Waals surface area contributed by atoms with Gasteiger partial charge in [0.25, 0.3) is 0 Å². The molecule has 0 aromatic heterocycles. The Morgan fingerprint density at radius 1 is 1.47 bits per heavy atom. The molecule has 2 rings (SSSR count). The van der Waals surface area contributed by atoms with Crippen LogP contribution in [0.5, 0.6) is 0 Å². The molecule has 106 valence electrons. The van der Waals surface area contributed by atoms with Crippen LogP contribution in [0.4, 0.5) is 10.1 Å². The summed E-state index contributed by atoms with van der Waals surface area (Å²) in [6.45, 7) is 4.31. The molecule has 1 aliphatic carbocycles. The fraction of sp³-hybridized carbons (Fsp3) is 0.600. The molecule has 0 bridgehead atoms. The van der Waals surface area contributed by atoms with E-state index in [0.717, 1.165) is 24.1 Å². The van der Waals surface area contributed by atoms with E-state index in [-0.39, 0.29) is 18.5 Å². The quantitative estimate of drug-likeness (QED) is 0.861. The zero-order valence-corrected chi connectivity index (χ0v) is 11.7. The lowest BCUT2D eigenvalue weighted by atomic mass is 9.90. The SMILES string of the molecule is Cc1cc(N(CCO)C2CCC2)c([C@H](C)N)cc1F. The fourth-order valence-corrected chi connectivity index (χ4v) is 2.60. The van der Waals surface area contributed by atoms with Crippen LogP contribution in [0.2, 0.25) is 0 Å². The summed E-state index contributed by atoms with van der Waals surface area (Å²) in [6, 6.07) is 3.64. The van der Waals surface area contributed by atoms with Gasteiger partial charge in [0.15, 0.2) is 0 Å². The van der Waals surface area contributed by atoms with Crippen LogP contribution in [0.1, 0.15) is 43.4 Å². The van der Waals surface area contributed by atoms with Gasteiger partial charge in [0, 0.05) is 24.3 Å². The largest absolute Gasteiger partial charge is 0.395 e. The molecule has 0 unspecified atom stereocenters. The van der Waals surface area contributed by atoms with Crippen LogP contribution in [0, 0.1) is 12.7 Å². The van der Waals surface area contributed by atoms with E-state index < -0.39 is 0 Å². The molecule has 0 aliphatic heterocycles. The molecular formula is C15H23FN2O. The average Bonchev–Trinajstić information content (AvgIpc) is 2.29. The number of aliphatic hydroxyl groups excluding tert-OH is 1. The first-order chi connectivity index (χ1) is 9.04. The first-order valence-corrected chi connectivity index (χ1v) is 6.97. The van der Waals surface area contributed by atoms with Gasteiger partial charge in [-0.05, 0) is 56.4 Å². The van der Waals surface area contributed by atoms with E-state index in [1.165, 1.54) is 6.42 Å². The van der Waals surface area contributed by atoms with Crippen LogP contribution in [0.25, 0.3) is 0 Å². The average molecular weight is 266 g/mol. The highest BCUT2D eigenvalue weighted by atomic mass is 19.1. The van der Waals surface area contributed by atoms with Crippen molar-refractivity contribution in [3.63, 3.8) is 0 Å². The van der Waals surface area contributed by atoms with Gasteiger partial charge in [0.1, 0.15) is 5.82 Å². The number of anilines is 1. The lowest BCUT2D eigenvalue weighted by molar-refractivity contribution is 0.283. The number of aliphatic hydroxyl groups is 1. The Labute approximate surface area is 114 Å². The van der Waals surface area contributed by atoms with E-state index in [9.17, 15) is 9.50 Å². The van der Waals surface area contributed by atoms with E-state index in [2.05, 4.69) is 4.90 Å². The van der Waals surface area contributed by atoms with Gasteiger partial charge >= 0.3 is 0 Å². The van der Waals surface area contributed by atoms with Crippen molar-refractivity contribution >= 4 is 5.69 Å². The zero-order valence-electron chi connectivity index (χ0n) is 11.7. The van der Waals surface area contributed by atoms with Crippen LogP contribution < -0.4 is 10.6 Å². The minimum Gasteiger partial charge on any atom is -0.395 e. The Morgan fingerprint density at radius 3 is 2.63 bits per heavy atom. The van der Waals surface area contributed by atoms with Crippen molar-refractivity contribution in [2.45, 2.75) is 45.2 Å². The number of rotatable bonds is 5. The molecule has 0 saturated heterocycles. The molecule has 1 aliphatic rings. The molecule has 0 heterocycles. The topological polar surface area (TPSA) is 49.5 Å². The molecule has 19 heavy (non-hydrogen) atoms. The lowest BCUT2D eigenvalue weighted by Gasteiger charge is -2.40. The summed E-state index contributed by atoms with van der Waals surface area (Å²) in [5.41, 5.74) is 8.40. The van der Waals surface area contributed by atoms with Crippen LogP contribution in [-0.2, 0) is 0 Å². The van der Waals surface area contributed by atoms with Gasteiger partial charge in [0.05, 0.1) is 6.61 Å². The summed E-state index contributed by atoms with van der Waals surface area (Å²) in [5.74, 6) is -0.214. The molecule has 1 aromatic rings. The van der Waals surface area contributed by atoms with Crippen LogP contribution in [-0.4, -0.2) is 24.3 Å². The number of nitrogens with two attached hydrogens (primary N) is 1. The van der Waals surface area contributed by atoms with E-state index >= 15 is 0 Å². The Hall–Kier alpha value is -1.13. The Morgan fingerprint density at radius 2 is 2.16 bits per heavy atom. The zero-order chi connectivity index (χ0) is 14.0. The minimum atomic E-state index is -0.216. The maximum atomic E-state index is 13.7. The molecule has 1 fully saturated rings. The highest BCUT2D eigenvalue weighted by Gasteiger charge is 2.27. The molecular weight excluding hydrogens is 243 g/mol. The number of hydrogen-bond acceptors (Lipinski definition) is 3. The lowest BCUT2D eigenvalue weighted by Crippen LogP contribution is -2.42. The van der Waals surface area contributed by atoms with E-state index in [0.29, 0.717) is 18.2 Å². The van der Waals surface area contributed by atoms with E-state index in [4.69, 9.17) is 5.73 Å². The van der Waals surface area contributed by atoms with Crippen molar-refractivity contribution < 1.29 is 9.50 Å². The van der Waals surface area contributed by atoms with Gasteiger partial charge < -0.3 is 15.7 Å². The van der Waals surface area contributed by atoms with Gasteiger partial charge in [-0.25, -0.2) is 4.39 Å². The number of nitrogens with zero attached hydrogens (tertiary/aromatic N) is 1. The molecule has 0 radical (unpaired) electrons. The second-order valence-electron chi connectivity index (χ2n) is 5.45. The summed E-state index contributed by atoms with van der Waals surface area (Å²) in [7, 11) is 0. The van der Waals surface area contributed by atoms with Gasteiger partial charge in [-0.15, -0.1) is 0 Å². The second kappa shape index (κ2) is 5.88. The molecule has 0 spiro atoms. The number of benzene rings is 1. The molecule has 1 saturated carbocycles. The molecule has 0 amide bonds. The molecule has 1 atom stereocenters. The Kier molecular flexibility index (Phi) is 4.42. The number of halogens is 1. The van der Waals surface area contributed by atoms with Gasteiger partial charge in [-0.2, -0.15) is 0 Å². The summed E-state index contributed by atoms with van der Waals surface area (Å²) >= 11 is 0. The third-order valence-corrected chi connectivity index (χ3v) is 3.96. The fourth-order valence-electron chi connectivity index (χ4n) is 2.60. The van der Waals surface area contributed by atoms with Crippen molar-refractivity contribution in [2.24, 2.45) is 5.73 Å². The van der Waals surface area contributed by atoms with Crippen LogP contribution >= 0.6 is 0 Å². The van der Waals surface area contributed by atoms with E-state index in [1.807, 2.05) is 13.0 Å². The van der Waals surface area contributed by atoms with Crippen molar-refractivity contribution in [1.29, 1.82) is 0 Å². The third kappa shape index (κ3) is 2.90. The highest BCUT2D eigenvalue weighted by molar-refractivity contribution is 5.58. The molecule has 3 N–H and O–H groups in total. The van der Waals surface area contributed by atoms with Crippen molar-refractivity contribution in [2.75, 3.05) is 18.1 Å². The summed E-state index contributed by atoms with van der Waals surface area (Å²) in [5, 5.41) is 9.27. The Bertz CT molecular complexity index is 444. The minimum absolute atomic E-state index is 0.102. The van der Waals surface area contributed by atoms with Crippen LogP contribution in [0.15, 0.2) is 12.1 Å². The van der Waals surface area contributed by atoms with Crippen molar-refractivity contribution in [3.8, 4) is 0 Å². The number of hydrogen-bond donors (Lipinski definition) is 2. The maximum Gasteiger partial charge on any atom is 0.126 e. The predicted molar refractivity (Wildman–Crippen MR) is 75.8 cm³/mol. The molecule has 1 aromatic carbocycles. The Balaban J connectivity index is 2.41. The second-order valence-corrected chi connectivity index (χ2v) is 5.45. The van der Waals surface area contributed by atoms with Crippen molar-refractivity contribution in [3.05, 3.63) is 29.1 Å². The normalized spacial score (nSPS) is 17.1. The highest BCUT2D eigenvalue weighted by Crippen LogP contribution is 2.34. The van der Waals surface area contributed by atoms with Gasteiger partial charge in [-0.3, -0.25) is 0 Å². The molecule has 3 nitrogen and oxygen atoms in total. The number of aryl methyl sites for hydroxylation is 1. The van der Waals surface area contributed by atoms with Gasteiger partial charge in [-0.1, -0.05) is 0 Å². The molecule has 4 heteroatoms. The maximum absolute atomic E-state index is 13.7. The van der Waals surface area contributed by atoms with E-state index in [1.54, 1.807) is 13.0 Å². The smallest absolute Gasteiger partial charge is 0.126 e. The third-order valence-electron chi connectivity index (χ3n) is 3.96. The first-order valence-electron chi connectivity index (χ1n) is 6.97. The summed E-state index contributed by atoms with van der Waals surface area (Å²) in [6.07, 6.45) is 3.49.